The number of carbonyl (C=O) groups excluding carboxylic acids is 1. The molecule has 0 fully saturated rings. The highest BCUT2D eigenvalue weighted by Crippen LogP contribution is 2.16. The second-order valence-corrected chi connectivity index (χ2v) is 3.11. The molecule has 1 aromatic rings. The van der Waals surface area contributed by atoms with Crippen molar-refractivity contribution in [3.8, 4) is 6.07 Å². The number of rotatable bonds is 2. The lowest BCUT2D eigenvalue weighted by Crippen LogP contribution is -2.06. The molecule has 0 heterocycles. The van der Waals surface area contributed by atoms with Crippen LogP contribution in [-0.4, -0.2) is 11.7 Å². The number of aryl methyl sites for hydroxylation is 1. The van der Waals surface area contributed by atoms with E-state index in [0.29, 0.717) is 5.56 Å². The van der Waals surface area contributed by atoms with Gasteiger partial charge in [-0.25, -0.2) is 4.39 Å². The lowest BCUT2D eigenvalue weighted by molar-refractivity contribution is 0.101. The normalized spacial score (nSPS) is 9.57. The van der Waals surface area contributed by atoms with Gasteiger partial charge >= 0.3 is 0 Å². The summed E-state index contributed by atoms with van der Waals surface area (Å²) < 4.78 is 13.4. The first-order chi connectivity index (χ1) is 6.60. The fourth-order valence-electron chi connectivity index (χ4n) is 1.13. The smallest absolute Gasteiger partial charge is 0.180 e. The summed E-state index contributed by atoms with van der Waals surface area (Å²) in [6.45, 7) is 1.69. The molecule has 0 aliphatic rings. The van der Waals surface area contributed by atoms with Crippen molar-refractivity contribution in [2.24, 2.45) is 0 Å². The highest BCUT2D eigenvalue weighted by atomic mass is 35.5. The molecular formula is C10H7ClFNO. The monoisotopic (exact) mass is 211 g/mol. The molecular weight excluding hydrogens is 205 g/mol. The molecule has 14 heavy (non-hydrogen) atoms. The van der Waals surface area contributed by atoms with E-state index in [9.17, 15) is 9.18 Å². The number of benzene rings is 1. The fourth-order valence-corrected chi connectivity index (χ4v) is 1.27. The Bertz CT molecular complexity index is 423. The van der Waals surface area contributed by atoms with E-state index in [0.717, 1.165) is 0 Å². The largest absolute Gasteiger partial charge is 0.293 e. The van der Waals surface area contributed by atoms with E-state index in [-0.39, 0.29) is 17.0 Å². The molecule has 0 aliphatic carbocycles. The van der Waals surface area contributed by atoms with Gasteiger partial charge in [0.05, 0.1) is 17.0 Å². The lowest BCUT2D eigenvalue weighted by Gasteiger charge is -2.03. The summed E-state index contributed by atoms with van der Waals surface area (Å²) in [5, 5.41) is 8.59. The fraction of sp³-hybridized carbons (Fsp3) is 0.200. The molecule has 0 saturated heterocycles. The van der Waals surface area contributed by atoms with Gasteiger partial charge in [0.25, 0.3) is 0 Å². The Morgan fingerprint density at radius 2 is 2.29 bits per heavy atom. The molecule has 0 bridgehead atoms. The van der Waals surface area contributed by atoms with Crippen molar-refractivity contribution in [2.45, 2.75) is 6.92 Å². The number of nitrogens with zero attached hydrogens (tertiary/aromatic N) is 1. The van der Waals surface area contributed by atoms with E-state index in [1.807, 2.05) is 0 Å². The summed E-state index contributed by atoms with van der Waals surface area (Å²) >= 11 is 5.31. The maximum atomic E-state index is 13.4. The molecule has 0 N–H and O–H groups in total. The Kier molecular flexibility index (Phi) is 3.21. The summed E-state index contributed by atoms with van der Waals surface area (Å²) in [6.07, 6.45) is 0. The number of nitriles is 1. The molecule has 0 atom stereocenters. The third-order valence-corrected chi connectivity index (χ3v) is 2.00. The Balaban J connectivity index is 3.38. The van der Waals surface area contributed by atoms with Crippen molar-refractivity contribution in [2.75, 3.05) is 5.88 Å². The van der Waals surface area contributed by atoms with Crippen molar-refractivity contribution in [1.29, 1.82) is 5.26 Å². The predicted octanol–water partition coefficient (Wildman–Crippen LogP) is 2.43. The van der Waals surface area contributed by atoms with Gasteiger partial charge in [0.1, 0.15) is 6.07 Å². The van der Waals surface area contributed by atoms with Gasteiger partial charge in [-0.05, 0) is 24.6 Å². The summed E-state index contributed by atoms with van der Waals surface area (Å²) in [5.41, 5.74) is 0.423. The van der Waals surface area contributed by atoms with Gasteiger partial charge in [-0.2, -0.15) is 5.26 Å². The van der Waals surface area contributed by atoms with Gasteiger partial charge in [-0.1, -0.05) is 0 Å². The lowest BCUT2D eigenvalue weighted by atomic mass is 10.0. The number of carbonyl (C=O) groups is 1. The van der Waals surface area contributed by atoms with Gasteiger partial charge in [-0.15, -0.1) is 11.6 Å². The molecule has 1 aromatic carbocycles. The van der Waals surface area contributed by atoms with Crippen LogP contribution in [0.15, 0.2) is 12.1 Å². The number of hydrogen-bond donors (Lipinski definition) is 0. The van der Waals surface area contributed by atoms with Crippen LogP contribution in [0.5, 0.6) is 0 Å². The molecule has 0 aromatic heterocycles. The number of hydrogen-bond acceptors (Lipinski definition) is 2. The van der Waals surface area contributed by atoms with E-state index in [1.54, 1.807) is 13.0 Å². The van der Waals surface area contributed by atoms with Crippen LogP contribution >= 0.6 is 11.6 Å². The molecule has 0 aliphatic heterocycles. The Morgan fingerprint density at radius 3 is 2.79 bits per heavy atom. The second-order valence-electron chi connectivity index (χ2n) is 2.84. The zero-order valence-corrected chi connectivity index (χ0v) is 8.23. The summed E-state index contributed by atoms with van der Waals surface area (Å²) in [7, 11) is 0. The maximum absolute atomic E-state index is 13.4. The predicted molar refractivity (Wildman–Crippen MR) is 50.9 cm³/mol. The van der Waals surface area contributed by atoms with Crippen molar-refractivity contribution in [1.82, 2.24) is 0 Å². The average molecular weight is 212 g/mol. The van der Waals surface area contributed by atoms with Crippen molar-refractivity contribution < 1.29 is 9.18 Å². The van der Waals surface area contributed by atoms with E-state index in [4.69, 9.17) is 16.9 Å². The molecule has 1 rings (SSSR count). The third-order valence-electron chi connectivity index (χ3n) is 1.76. The standard InChI is InChI=1S/C10H7ClFNO/c1-6-2-7(5-13)10(12)8(3-6)9(14)4-11/h2-3H,4H2,1H3. The minimum absolute atomic E-state index is 0.114. The molecule has 2 nitrogen and oxygen atoms in total. The average Bonchev–Trinajstić information content (AvgIpc) is 2.19. The topological polar surface area (TPSA) is 40.9 Å². The first-order valence-electron chi connectivity index (χ1n) is 3.89. The van der Waals surface area contributed by atoms with Crippen LogP contribution in [0.3, 0.4) is 0 Å². The highest BCUT2D eigenvalue weighted by molar-refractivity contribution is 6.30. The number of halogens is 2. The first-order valence-corrected chi connectivity index (χ1v) is 4.43. The van der Waals surface area contributed by atoms with Crippen LogP contribution < -0.4 is 0 Å². The van der Waals surface area contributed by atoms with Crippen LogP contribution in [-0.2, 0) is 0 Å². The number of ketones is 1. The molecule has 0 spiro atoms. The van der Waals surface area contributed by atoms with Crippen molar-refractivity contribution in [3.05, 3.63) is 34.6 Å². The molecule has 0 saturated carbocycles. The number of Topliss-reactive ketones (excluding diaryl/α,β-unsaturated/α-hetero) is 1. The van der Waals surface area contributed by atoms with E-state index in [2.05, 4.69) is 0 Å². The van der Waals surface area contributed by atoms with Gasteiger partial charge in [0, 0.05) is 0 Å². The van der Waals surface area contributed by atoms with Crippen LogP contribution in [0, 0.1) is 24.1 Å². The summed E-state index contributed by atoms with van der Waals surface area (Å²) in [4.78, 5) is 11.2. The highest BCUT2D eigenvalue weighted by Gasteiger charge is 2.14. The Morgan fingerprint density at radius 1 is 1.64 bits per heavy atom. The molecule has 0 radical (unpaired) electrons. The van der Waals surface area contributed by atoms with Gasteiger partial charge in [-0.3, -0.25) is 4.79 Å². The van der Waals surface area contributed by atoms with Crippen LogP contribution in [0.4, 0.5) is 4.39 Å². The van der Waals surface area contributed by atoms with Crippen molar-refractivity contribution in [3.63, 3.8) is 0 Å². The Labute approximate surface area is 85.9 Å². The van der Waals surface area contributed by atoms with Crippen molar-refractivity contribution >= 4 is 17.4 Å². The molecule has 4 heteroatoms. The first kappa shape index (κ1) is 10.7. The van der Waals surface area contributed by atoms with Crippen LogP contribution in [0.1, 0.15) is 21.5 Å². The number of alkyl halides is 1. The van der Waals surface area contributed by atoms with Gasteiger partial charge in [0.2, 0.25) is 0 Å². The van der Waals surface area contributed by atoms with E-state index < -0.39 is 11.6 Å². The van der Waals surface area contributed by atoms with Crippen LogP contribution in [0.2, 0.25) is 0 Å². The van der Waals surface area contributed by atoms with E-state index in [1.165, 1.54) is 12.1 Å². The second kappa shape index (κ2) is 4.21. The molecule has 72 valence electrons. The van der Waals surface area contributed by atoms with Crippen LogP contribution in [0.25, 0.3) is 0 Å². The summed E-state index contributed by atoms with van der Waals surface area (Å²) in [5.74, 6) is -1.58. The maximum Gasteiger partial charge on any atom is 0.180 e. The SMILES string of the molecule is Cc1cc(C#N)c(F)c(C(=O)CCl)c1. The quantitative estimate of drug-likeness (QED) is 0.557. The molecule has 0 amide bonds. The molecule has 0 unspecified atom stereocenters. The van der Waals surface area contributed by atoms with E-state index >= 15 is 0 Å². The third kappa shape index (κ3) is 1.91. The Hall–Kier alpha value is -1.40. The zero-order chi connectivity index (χ0) is 10.7. The minimum atomic E-state index is -0.788. The van der Waals surface area contributed by atoms with Gasteiger partial charge < -0.3 is 0 Å². The van der Waals surface area contributed by atoms with Gasteiger partial charge in [0.15, 0.2) is 11.6 Å². The zero-order valence-electron chi connectivity index (χ0n) is 7.47. The minimum Gasteiger partial charge on any atom is -0.293 e. The summed E-state index contributed by atoms with van der Waals surface area (Å²) in [6, 6.07) is 4.46.